The van der Waals surface area contributed by atoms with Crippen LogP contribution in [0.1, 0.15) is 29.8 Å². The summed E-state index contributed by atoms with van der Waals surface area (Å²) in [6.07, 6.45) is 0.903. The molecule has 0 saturated carbocycles. The number of fused-ring (bicyclic) bond motifs is 1. The van der Waals surface area contributed by atoms with Crippen LogP contribution in [0.2, 0.25) is 0 Å². The number of ether oxygens (including phenoxy) is 2. The number of nitrogens with one attached hydrogen (secondary N) is 2. The van der Waals surface area contributed by atoms with Crippen LogP contribution < -0.4 is 14.8 Å². The number of hydrogen-bond acceptors (Lipinski definition) is 3. The van der Waals surface area contributed by atoms with Crippen molar-refractivity contribution in [2.24, 2.45) is 0 Å². The highest BCUT2D eigenvalue weighted by Gasteiger charge is 2.43. The second-order valence-electron chi connectivity index (χ2n) is 6.04. The maximum absolute atomic E-state index is 13.3. The van der Waals surface area contributed by atoms with E-state index in [4.69, 9.17) is 9.47 Å². The highest BCUT2D eigenvalue weighted by Crippen LogP contribution is 2.50. The molecule has 0 aliphatic carbocycles. The number of hydrogen-bond donors (Lipinski definition) is 2. The highest BCUT2D eigenvalue weighted by molar-refractivity contribution is 5.67. The predicted octanol–water partition coefficient (Wildman–Crippen LogP) is 4.23. The van der Waals surface area contributed by atoms with Crippen LogP contribution in [-0.4, -0.2) is 24.0 Å². The molecule has 0 bridgehead atoms. The van der Waals surface area contributed by atoms with Crippen molar-refractivity contribution in [3.63, 3.8) is 0 Å². The van der Waals surface area contributed by atoms with Crippen molar-refractivity contribution in [2.75, 3.05) is 19.5 Å². The van der Waals surface area contributed by atoms with Crippen LogP contribution in [0.5, 0.6) is 11.5 Å². The zero-order chi connectivity index (χ0) is 17.6. The Labute approximate surface area is 145 Å². The largest absolute Gasteiger partial charge is 0.493 e. The van der Waals surface area contributed by atoms with Gasteiger partial charge in [-0.25, -0.2) is 4.39 Å². The van der Waals surface area contributed by atoms with Crippen LogP contribution in [0.4, 0.5) is 15.9 Å². The Kier molecular flexibility index (Phi) is 3.67. The van der Waals surface area contributed by atoms with Gasteiger partial charge in [0, 0.05) is 5.69 Å². The third kappa shape index (κ3) is 2.54. The number of nitrogens with zero attached hydrogens (tertiary/aromatic N) is 1. The van der Waals surface area contributed by atoms with Crippen LogP contribution in [0, 0.1) is 5.82 Å². The minimum atomic E-state index is -0.257. The first-order valence-corrected chi connectivity index (χ1v) is 8.23. The predicted molar refractivity (Wildman–Crippen MR) is 94.6 cm³/mol. The lowest BCUT2D eigenvalue weighted by molar-refractivity contribution is 0.354. The number of aromatic nitrogens is 2. The summed E-state index contributed by atoms with van der Waals surface area (Å²) >= 11 is 0. The van der Waals surface area contributed by atoms with E-state index in [-0.39, 0.29) is 11.9 Å². The average Bonchev–Trinajstić information content (AvgIpc) is 3.23. The van der Waals surface area contributed by atoms with Crippen molar-refractivity contribution in [1.82, 2.24) is 9.78 Å². The lowest BCUT2D eigenvalue weighted by Crippen LogP contribution is -1.99. The molecule has 3 aromatic rings. The Hall–Kier alpha value is -2.89. The molecule has 2 N–H and O–H groups in total. The maximum atomic E-state index is 13.3. The first-order chi connectivity index (χ1) is 12.2. The van der Waals surface area contributed by atoms with Crippen molar-refractivity contribution >= 4 is 11.5 Å². The third-order valence-electron chi connectivity index (χ3n) is 4.61. The minimum Gasteiger partial charge on any atom is -0.493 e. The van der Waals surface area contributed by atoms with Crippen molar-refractivity contribution in [3.8, 4) is 11.5 Å². The fourth-order valence-electron chi connectivity index (χ4n) is 3.29. The molecule has 0 fully saturated rings. The van der Waals surface area contributed by atoms with E-state index in [0.717, 1.165) is 29.4 Å². The van der Waals surface area contributed by atoms with Crippen LogP contribution in [-0.2, 0) is 6.42 Å². The van der Waals surface area contributed by atoms with Gasteiger partial charge < -0.3 is 14.8 Å². The van der Waals surface area contributed by atoms with E-state index in [1.165, 1.54) is 29.0 Å². The normalized spacial score (nSPS) is 15.0. The monoisotopic (exact) mass is 341 g/mol. The lowest BCUT2D eigenvalue weighted by atomic mass is 10.00. The van der Waals surface area contributed by atoms with E-state index in [9.17, 15) is 4.39 Å². The Morgan fingerprint density at radius 1 is 1.16 bits per heavy atom. The van der Waals surface area contributed by atoms with E-state index in [1.54, 1.807) is 20.3 Å². The zero-order valence-electron chi connectivity index (χ0n) is 14.4. The van der Waals surface area contributed by atoms with Crippen molar-refractivity contribution in [1.29, 1.82) is 0 Å². The van der Waals surface area contributed by atoms with Gasteiger partial charge in [-0.05, 0) is 47.9 Å². The van der Waals surface area contributed by atoms with Gasteiger partial charge in [-0.1, -0.05) is 13.0 Å². The van der Waals surface area contributed by atoms with Crippen molar-refractivity contribution in [2.45, 2.75) is 19.4 Å². The number of aromatic amines is 1. The zero-order valence-corrected chi connectivity index (χ0v) is 14.4. The molecule has 1 unspecified atom stereocenters. The Morgan fingerprint density at radius 2 is 1.92 bits per heavy atom. The second kappa shape index (κ2) is 5.88. The summed E-state index contributed by atoms with van der Waals surface area (Å²) in [6, 6.07) is 10.7. The Balaban J connectivity index is 1.60. The lowest BCUT2D eigenvalue weighted by Gasteiger charge is -2.13. The van der Waals surface area contributed by atoms with Gasteiger partial charge in [-0.15, -0.1) is 0 Å². The molecule has 2 aromatic carbocycles. The summed E-state index contributed by atoms with van der Waals surface area (Å²) in [7, 11) is 3.29. The molecule has 130 valence electrons. The molecule has 1 atom stereocenters. The van der Waals surface area contributed by atoms with Crippen LogP contribution >= 0.6 is 0 Å². The molecule has 0 amide bonds. The number of benzene rings is 2. The maximum Gasteiger partial charge on any atom is 0.161 e. The topological polar surface area (TPSA) is 51.2 Å². The van der Waals surface area contributed by atoms with E-state index in [0.29, 0.717) is 0 Å². The first kappa shape index (κ1) is 15.6. The van der Waals surface area contributed by atoms with Gasteiger partial charge in [0.2, 0.25) is 0 Å². The fraction of sp³-hybridized carbons (Fsp3) is 0.263. The number of halogens is 1. The van der Waals surface area contributed by atoms with Gasteiger partial charge in [0.25, 0.3) is 0 Å². The summed E-state index contributed by atoms with van der Waals surface area (Å²) in [5.41, 5.74) is 4.31. The number of aryl methyl sites for hydroxylation is 1. The molecule has 5 nitrogen and oxygen atoms in total. The van der Waals surface area contributed by atoms with Gasteiger partial charge >= 0.3 is 0 Å². The molecule has 1 aliphatic heterocycles. The molecular weight excluding hydrogens is 321 g/mol. The average molecular weight is 341 g/mol. The van der Waals surface area contributed by atoms with Gasteiger partial charge in [0.15, 0.2) is 11.5 Å². The summed E-state index contributed by atoms with van der Waals surface area (Å²) in [4.78, 5) is 0. The molecule has 25 heavy (non-hydrogen) atoms. The van der Waals surface area contributed by atoms with E-state index >= 15 is 0 Å². The number of anilines is 2. The fourth-order valence-corrected chi connectivity index (χ4v) is 3.29. The standard InChI is InChI=1S/C19H20FN3O2/c1-4-11-8-15(24-2)16(25-3)10-14(11)17-18-19(22-23(17)18)21-13-7-5-6-12(20)9-13/h5-10,17,21-22H,4H2,1-3H3. The summed E-state index contributed by atoms with van der Waals surface area (Å²) in [5.74, 6) is 2.12. The van der Waals surface area contributed by atoms with Gasteiger partial charge in [-0.3, -0.25) is 9.78 Å². The summed E-state index contributed by atoms with van der Waals surface area (Å²) in [6.45, 7) is 2.12. The molecule has 4 rings (SSSR count). The Bertz CT molecular complexity index is 929. The third-order valence-corrected chi connectivity index (χ3v) is 4.61. The van der Waals surface area contributed by atoms with E-state index in [2.05, 4.69) is 22.0 Å². The summed E-state index contributed by atoms with van der Waals surface area (Å²) in [5, 5.41) is 6.49. The minimum absolute atomic E-state index is 0.172. The quantitative estimate of drug-likeness (QED) is 0.552. The molecular formula is C19H20FN3O2. The van der Waals surface area contributed by atoms with Crippen molar-refractivity contribution < 1.29 is 13.9 Å². The second-order valence-corrected chi connectivity index (χ2v) is 6.04. The first-order valence-electron chi connectivity index (χ1n) is 8.23. The van der Waals surface area contributed by atoms with Gasteiger partial charge in [-0.2, -0.15) is 0 Å². The molecule has 1 aliphatic rings. The van der Waals surface area contributed by atoms with Gasteiger partial charge in [0.1, 0.15) is 23.4 Å². The number of rotatable bonds is 6. The van der Waals surface area contributed by atoms with Crippen molar-refractivity contribution in [3.05, 3.63) is 59.0 Å². The molecule has 1 aromatic heterocycles. The molecule has 0 spiro atoms. The molecule has 6 heteroatoms. The van der Waals surface area contributed by atoms with Crippen LogP contribution in [0.3, 0.4) is 0 Å². The molecule has 2 heterocycles. The summed E-state index contributed by atoms with van der Waals surface area (Å²) < 4.78 is 26.3. The Morgan fingerprint density at radius 3 is 2.60 bits per heavy atom. The molecule has 0 saturated heterocycles. The highest BCUT2D eigenvalue weighted by atomic mass is 19.1. The SMILES string of the molecule is CCc1cc(OC)c(OC)cc1C1c2c(Nc3cccc(F)c3)[nH]n21. The van der Waals surface area contributed by atoms with Crippen LogP contribution in [0.25, 0.3) is 0 Å². The van der Waals surface area contributed by atoms with Crippen LogP contribution in [0.15, 0.2) is 36.4 Å². The number of H-pyrrole nitrogens is 1. The smallest absolute Gasteiger partial charge is 0.161 e. The van der Waals surface area contributed by atoms with E-state index in [1.807, 2.05) is 18.2 Å². The van der Waals surface area contributed by atoms with E-state index < -0.39 is 0 Å². The van der Waals surface area contributed by atoms with Gasteiger partial charge in [0.05, 0.1) is 14.2 Å². The number of methoxy groups -OCH3 is 2. The molecule has 0 radical (unpaired) electrons.